The number of ether oxygens (including phenoxy) is 1. The number of fused-ring (bicyclic) bond motifs is 1. The van der Waals surface area contributed by atoms with Gasteiger partial charge in [0, 0.05) is 17.0 Å². The van der Waals surface area contributed by atoms with E-state index in [0.717, 1.165) is 11.5 Å². The summed E-state index contributed by atoms with van der Waals surface area (Å²) in [5.41, 5.74) is 1.10. The molecular weight excluding hydrogens is 381 g/mol. The predicted molar refractivity (Wildman–Crippen MR) is 105 cm³/mol. The first kappa shape index (κ1) is 18.9. The Kier molecular flexibility index (Phi) is 4.45. The molecule has 1 fully saturated rings. The molecule has 0 amide bonds. The summed E-state index contributed by atoms with van der Waals surface area (Å²) in [6.45, 7) is 3.56. The Labute approximate surface area is 163 Å². The smallest absolute Gasteiger partial charge is 0.309 e. The van der Waals surface area contributed by atoms with Crippen LogP contribution in [0.25, 0.3) is 10.9 Å². The third kappa shape index (κ3) is 2.89. The SMILES string of the molecule is CCOC(=O)[C@@H]1C[C@H]1c1cc2ccccc2n1S(=O)(=O)C1(C)C=C(F)C=CC1. The van der Waals surface area contributed by atoms with E-state index in [9.17, 15) is 17.6 Å². The summed E-state index contributed by atoms with van der Waals surface area (Å²) in [5.74, 6) is -1.44. The number of hydrogen-bond donors (Lipinski definition) is 0. The summed E-state index contributed by atoms with van der Waals surface area (Å²) < 4.78 is 46.3. The van der Waals surface area contributed by atoms with E-state index in [0.29, 0.717) is 17.6 Å². The number of esters is 1. The lowest BCUT2D eigenvalue weighted by Crippen LogP contribution is -2.39. The average molecular weight is 403 g/mol. The van der Waals surface area contributed by atoms with Gasteiger partial charge in [-0.1, -0.05) is 24.3 Å². The lowest BCUT2D eigenvalue weighted by molar-refractivity contribution is -0.144. The summed E-state index contributed by atoms with van der Waals surface area (Å²) in [4.78, 5) is 12.1. The Morgan fingerprint density at radius 2 is 2.11 bits per heavy atom. The summed E-state index contributed by atoms with van der Waals surface area (Å²) >= 11 is 0. The Morgan fingerprint density at radius 3 is 2.82 bits per heavy atom. The maximum absolute atomic E-state index is 13.9. The van der Waals surface area contributed by atoms with Crippen LogP contribution in [0.5, 0.6) is 0 Å². The van der Waals surface area contributed by atoms with Crippen LogP contribution in [0.2, 0.25) is 0 Å². The number of rotatable bonds is 5. The van der Waals surface area contributed by atoms with E-state index in [1.807, 2.05) is 18.2 Å². The second-order valence-corrected chi connectivity index (χ2v) is 9.79. The minimum absolute atomic E-state index is 0.181. The zero-order chi connectivity index (χ0) is 20.1. The number of aromatic nitrogens is 1. The van der Waals surface area contributed by atoms with Gasteiger partial charge in [-0.05, 0) is 51.0 Å². The second kappa shape index (κ2) is 6.58. The number of halogens is 1. The molecule has 0 saturated heterocycles. The van der Waals surface area contributed by atoms with E-state index in [-0.39, 0.29) is 30.8 Å². The third-order valence-electron chi connectivity index (χ3n) is 5.53. The zero-order valence-electron chi connectivity index (χ0n) is 15.8. The van der Waals surface area contributed by atoms with Crippen molar-refractivity contribution in [3.8, 4) is 0 Å². The van der Waals surface area contributed by atoms with Gasteiger partial charge in [-0.2, -0.15) is 0 Å². The quantitative estimate of drug-likeness (QED) is 0.707. The van der Waals surface area contributed by atoms with Crippen LogP contribution >= 0.6 is 0 Å². The molecule has 1 aromatic heterocycles. The first-order valence-corrected chi connectivity index (χ1v) is 10.8. The van der Waals surface area contributed by atoms with Crippen LogP contribution in [0.1, 0.15) is 38.3 Å². The van der Waals surface area contributed by atoms with Gasteiger partial charge < -0.3 is 4.74 Å². The molecule has 1 heterocycles. The molecule has 2 aromatic rings. The van der Waals surface area contributed by atoms with Crippen molar-refractivity contribution in [2.45, 2.75) is 37.4 Å². The van der Waals surface area contributed by atoms with Gasteiger partial charge >= 0.3 is 5.97 Å². The van der Waals surface area contributed by atoms with Gasteiger partial charge in [-0.15, -0.1) is 0 Å². The number of benzene rings is 1. The van der Waals surface area contributed by atoms with Gasteiger partial charge in [0.2, 0.25) is 10.0 Å². The van der Waals surface area contributed by atoms with Gasteiger partial charge in [-0.25, -0.2) is 16.8 Å². The van der Waals surface area contributed by atoms with Gasteiger partial charge in [0.25, 0.3) is 0 Å². The molecule has 0 bridgehead atoms. The Morgan fingerprint density at radius 1 is 1.36 bits per heavy atom. The zero-order valence-corrected chi connectivity index (χ0v) is 16.6. The molecule has 1 unspecified atom stereocenters. The van der Waals surface area contributed by atoms with E-state index in [4.69, 9.17) is 4.74 Å². The number of allylic oxidation sites excluding steroid dienone is 3. The van der Waals surface area contributed by atoms with Crippen molar-refractivity contribution in [1.29, 1.82) is 0 Å². The van der Waals surface area contributed by atoms with E-state index in [2.05, 4.69) is 0 Å². The molecule has 7 heteroatoms. The maximum Gasteiger partial charge on any atom is 0.309 e. The fourth-order valence-corrected chi connectivity index (χ4v) is 5.78. The highest BCUT2D eigenvalue weighted by Crippen LogP contribution is 2.50. The molecule has 0 aliphatic heterocycles. The van der Waals surface area contributed by atoms with Crippen molar-refractivity contribution in [1.82, 2.24) is 3.97 Å². The third-order valence-corrected chi connectivity index (χ3v) is 7.88. The Hall–Kier alpha value is -2.41. The topological polar surface area (TPSA) is 65.4 Å². The van der Waals surface area contributed by atoms with Gasteiger partial charge in [0.05, 0.1) is 18.0 Å². The maximum atomic E-state index is 13.9. The van der Waals surface area contributed by atoms with Crippen molar-refractivity contribution < 1.29 is 22.3 Å². The number of carbonyl (C=O) groups is 1. The highest BCUT2D eigenvalue weighted by molar-refractivity contribution is 7.91. The number of hydrogen-bond acceptors (Lipinski definition) is 4. The van der Waals surface area contributed by atoms with E-state index in [1.54, 1.807) is 19.1 Å². The molecule has 28 heavy (non-hydrogen) atoms. The van der Waals surface area contributed by atoms with Crippen molar-refractivity contribution in [2.75, 3.05) is 6.61 Å². The molecular formula is C21H22FNO4S. The van der Waals surface area contributed by atoms with Gasteiger partial charge in [0.15, 0.2) is 0 Å². The highest BCUT2D eigenvalue weighted by atomic mass is 32.2. The van der Waals surface area contributed by atoms with Crippen molar-refractivity contribution >= 4 is 26.9 Å². The van der Waals surface area contributed by atoms with E-state index < -0.39 is 20.6 Å². The van der Waals surface area contributed by atoms with Gasteiger partial charge in [-0.3, -0.25) is 4.79 Å². The Balaban J connectivity index is 1.85. The lowest BCUT2D eigenvalue weighted by atomic mass is 10.0. The van der Waals surface area contributed by atoms with Crippen molar-refractivity contribution in [3.63, 3.8) is 0 Å². The Bertz CT molecular complexity index is 1110. The monoisotopic (exact) mass is 403 g/mol. The molecule has 148 valence electrons. The van der Waals surface area contributed by atoms with Crippen LogP contribution in [0, 0.1) is 5.92 Å². The van der Waals surface area contributed by atoms with Crippen LogP contribution in [0.3, 0.4) is 0 Å². The molecule has 5 nitrogen and oxygen atoms in total. The minimum atomic E-state index is -3.98. The molecule has 0 N–H and O–H groups in total. The van der Waals surface area contributed by atoms with E-state index >= 15 is 0 Å². The van der Waals surface area contributed by atoms with Crippen LogP contribution in [0.4, 0.5) is 4.39 Å². The molecule has 1 saturated carbocycles. The molecule has 0 spiro atoms. The molecule has 4 rings (SSSR count). The summed E-state index contributed by atoms with van der Waals surface area (Å²) in [6, 6.07) is 9.00. The first-order chi connectivity index (χ1) is 13.3. The number of para-hydroxylation sites is 1. The summed E-state index contributed by atoms with van der Waals surface area (Å²) in [5, 5.41) is 0.773. The van der Waals surface area contributed by atoms with Crippen LogP contribution < -0.4 is 0 Å². The van der Waals surface area contributed by atoms with Crippen LogP contribution in [-0.4, -0.2) is 29.7 Å². The van der Waals surface area contributed by atoms with E-state index in [1.165, 1.54) is 23.0 Å². The molecule has 0 radical (unpaired) electrons. The molecule has 2 aliphatic rings. The van der Waals surface area contributed by atoms with Crippen molar-refractivity contribution in [2.24, 2.45) is 5.92 Å². The number of nitrogens with zero attached hydrogens (tertiary/aromatic N) is 1. The minimum Gasteiger partial charge on any atom is -0.466 e. The molecule has 2 aliphatic carbocycles. The van der Waals surface area contributed by atoms with Crippen LogP contribution in [-0.2, 0) is 19.6 Å². The lowest BCUT2D eigenvalue weighted by Gasteiger charge is -2.28. The predicted octanol–water partition coefficient (Wildman–Crippen LogP) is 4.06. The largest absolute Gasteiger partial charge is 0.466 e. The molecule has 3 atom stereocenters. The second-order valence-electron chi connectivity index (χ2n) is 7.55. The summed E-state index contributed by atoms with van der Waals surface area (Å²) in [6.07, 6.45) is 4.71. The first-order valence-electron chi connectivity index (χ1n) is 9.35. The van der Waals surface area contributed by atoms with Crippen LogP contribution in [0.15, 0.2) is 54.4 Å². The molecule has 1 aromatic carbocycles. The fraction of sp³-hybridized carbons (Fsp3) is 0.381. The van der Waals surface area contributed by atoms with Crippen molar-refractivity contribution in [3.05, 3.63) is 60.1 Å². The van der Waals surface area contributed by atoms with Gasteiger partial charge in [0.1, 0.15) is 10.6 Å². The normalized spacial score (nSPS) is 26.9. The number of carbonyl (C=O) groups excluding carboxylic acids is 1. The average Bonchev–Trinajstić information content (AvgIpc) is 3.34. The standard InChI is InChI=1S/C21H22FNO4S/c1-3-27-20(24)17-12-16(17)19-11-14-7-4-5-9-18(14)23(19)28(25,26)21(2)10-6-8-15(22)13-21/h4-9,11,13,16-17H,3,10,12H2,1-2H3/t16-,17-,21?/m1/s1. The highest BCUT2D eigenvalue weighted by Gasteiger charge is 2.50. The fourth-order valence-electron chi connectivity index (χ4n) is 3.90. The summed E-state index contributed by atoms with van der Waals surface area (Å²) in [7, 11) is -3.98.